The van der Waals surface area contributed by atoms with Gasteiger partial charge in [0, 0.05) is 31.9 Å². The van der Waals surface area contributed by atoms with Gasteiger partial charge in [-0.1, -0.05) is 13.8 Å². The molecular weight excluding hydrogens is 276 g/mol. The van der Waals surface area contributed by atoms with Gasteiger partial charge in [-0.25, -0.2) is 4.98 Å². The highest BCUT2D eigenvalue weighted by Gasteiger charge is 2.08. The molecular formula is C17H30N4O. The maximum absolute atomic E-state index is 5.88. The normalized spacial score (nSPS) is 13.4. The van der Waals surface area contributed by atoms with Crippen LogP contribution in [-0.4, -0.2) is 30.1 Å². The van der Waals surface area contributed by atoms with Gasteiger partial charge in [0.05, 0.1) is 6.10 Å². The third-order valence-corrected chi connectivity index (χ3v) is 3.03. The summed E-state index contributed by atoms with van der Waals surface area (Å²) >= 11 is 0. The summed E-state index contributed by atoms with van der Waals surface area (Å²) in [5, 5.41) is 6.55. The van der Waals surface area contributed by atoms with Crippen molar-refractivity contribution in [1.82, 2.24) is 15.6 Å². The van der Waals surface area contributed by atoms with E-state index in [1.807, 2.05) is 12.1 Å². The molecule has 1 unspecified atom stereocenters. The van der Waals surface area contributed by atoms with Gasteiger partial charge < -0.3 is 15.4 Å². The van der Waals surface area contributed by atoms with Crippen LogP contribution in [0, 0.1) is 5.92 Å². The van der Waals surface area contributed by atoms with Crippen LogP contribution in [0.5, 0.6) is 5.88 Å². The van der Waals surface area contributed by atoms with Crippen LogP contribution in [0.15, 0.2) is 23.3 Å². The molecule has 1 atom stereocenters. The van der Waals surface area contributed by atoms with Gasteiger partial charge in [-0.2, -0.15) is 0 Å². The summed E-state index contributed by atoms with van der Waals surface area (Å²) in [5.41, 5.74) is 1.12. The molecule has 0 fully saturated rings. The van der Waals surface area contributed by atoms with Crippen molar-refractivity contribution in [3.8, 4) is 5.88 Å². The average molecular weight is 306 g/mol. The second-order valence-corrected chi connectivity index (χ2v) is 6.29. The Hall–Kier alpha value is -1.78. The van der Waals surface area contributed by atoms with E-state index < -0.39 is 0 Å². The van der Waals surface area contributed by atoms with Crippen molar-refractivity contribution >= 4 is 5.96 Å². The van der Waals surface area contributed by atoms with E-state index in [1.165, 1.54) is 0 Å². The van der Waals surface area contributed by atoms with E-state index in [0.29, 0.717) is 24.4 Å². The predicted molar refractivity (Wildman–Crippen MR) is 92.3 cm³/mol. The zero-order valence-electron chi connectivity index (χ0n) is 14.7. The molecule has 1 heterocycles. The van der Waals surface area contributed by atoms with Crippen LogP contribution in [-0.2, 0) is 6.54 Å². The number of nitrogens with one attached hydrogen (secondary N) is 2. The summed E-state index contributed by atoms with van der Waals surface area (Å²) in [5.74, 6) is 2.09. The topological polar surface area (TPSA) is 58.5 Å². The Labute approximate surface area is 134 Å². The first-order chi connectivity index (χ1) is 10.4. The molecule has 0 spiro atoms. The van der Waals surface area contributed by atoms with Crippen LogP contribution in [0.25, 0.3) is 0 Å². The Kier molecular flexibility index (Phi) is 7.71. The minimum Gasteiger partial charge on any atom is -0.475 e. The third-order valence-electron chi connectivity index (χ3n) is 3.03. The summed E-state index contributed by atoms with van der Waals surface area (Å²) in [7, 11) is 1.77. The highest BCUT2D eigenvalue weighted by atomic mass is 16.5. The molecule has 0 aliphatic carbocycles. The molecule has 0 saturated carbocycles. The first-order valence-corrected chi connectivity index (χ1v) is 7.99. The zero-order chi connectivity index (χ0) is 16.5. The molecule has 2 N–H and O–H groups in total. The largest absolute Gasteiger partial charge is 0.475 e. The van der Waals surface area contributed by atoms with Crippen LogP contribution >= 0.6 is 0 Å². The number of aromatic nitrogens is 1. The summed E-state index contributed by atoms with van der Waals surface area (Å²) in [6.07, 6.45) is 2.98. The number of aliphatic imine (C=N–C) groups is 1. The minimum absolute atomic E-state index is 0.172. The molecule has 124 valence electrons. The SMILES string of the molecule is CN=C(NCc1ccnc(OC(C)CC(C)C)c1)NC(C)C. The molecule has 0 saturated heterocycles. The van der Waals surface area contributed by atoms with Crippen molar-refractivity contribution < 1.29 is 4.74 Å². The Morgan fingerprint density at radius 3 is 2.59 bits per heavy atom. The third kappa shape index (κ3) is 7.29. The van der Waals surface area contributed by atoms with E-state index in [9.17, 15) is 0 Å². The van der Waals surface area contributed by atoms with E-state index >= 15 is 0 Å². The molecule has 5 heteroatoms. The second kappa shape index (κ2) is 9.28. The Morgan fingerprint density at radius 1 is 1.27 bits per heavy atom. The maximum atomic E-state index is 5.88. The van der Waals surface area contributed by atoms with Gasteiger partial charge in [-0.15, -0.1) is 0 Å². The molecule has 5 nitrogen and oxygen atoms in total. The van der Waals surface area contributed by atoms with E-state index in [1.54, 1.807) is 13.2 Å². The molecule has 0 amide bonds. The molecule has 0 bridgehead atoms. The fourth-order valence-corrected chi connectivity index (χ4v) is 2.20. The van der Waals surface area contributed by atoms with Crippen molar-refractivity contribution in [2.75, 3.05) is 7.05 Å². The number of pyridine rings is 1. The van der Waals surface area contributed by atoms with Crippen LogP contribution in [0.4, 0.5) is 0 Å². The Morgan fingerprint density at radius 2 is 2.00 bits per heavy atom. The van der Waals surface area contributed by atoms with Gasteiger partial charge in [0.15, 0.2) is 5.96 Å². The summed E-state index contributed by atoms with van der Waals surface area (Å²) in [6, 6.07) is 4.31. The number of nitrogens with zero attached hydrogens (tertiary/aromatic N) is 2. The van der Waals surface area contributed by atoms with Crippen molar-refractivity contribution in [1.29, 1.82) is 0 Å². The van der Waals surface area contributed by atoms with Gasteiger partial charge in [-0.05, 0) is 44.7 Å². The summed E-state index contributed by atoms with van der Waals surface area (Å²) in [6.45, 7) is 11.3. The number of guanidine groups is 1. The van der Waals surface area contributed by atoms with Crippen molar-refractivity contribution in [3.05, 3.63) is 23.9 Å². The average Bonchev–Trinajstić information content (AvgIpc) is 2.42. The molecule has 1 rings (SSSR count). The first-order valence-electron chi connectivity index (χ1n) is 7.99. The monoisotopic (exact) mass is 306 g/mol. The highest BCUT2D eigenvalue weighted by Crippen LogP contribution is 2.14. The summed E-state index contributed by atoms with van der Waals surface area (Å²) in [4.78, 5) is 8.48. The van der Waals surface area contributed by atoms with Crippen LogP contribution in [0.1, 0.15) is 46.6 Å². The molecule has 0 radical (unpaired) electrons. The zero-order valence-corrected chi connectivity index (χ0v) is 14.7. The van der Waals surface area contributed by atoms with Crippen molar-refractivity contribution in [2.45, 2.75) is 59.7 Å². The standard InChI is InChI=1S/C17H30N4O/c1-12(2)9-14(5)22-16-10-15(7-8-19-16)11-20-17(18-6)21-13(3)4/h7-8,10,12-14H,9,11H2,1-6H3,(H2,18,20,21). The molecule has 1 aromatic heterocycles. The predicted octanol–water partition coefficient (Wildman–Crippen LogP) is 2.97. The van der Waals surface area contributed by atoms with Crippen molar-refractivity contribution in [3.63, 3.8) is 0 Å². The lowest BCUT2D eigenvalue weighted by atomic mass is 10.1. The quantitative estimate of drug-likeness (QED) is 0.600. The van der Waals surface area contributed by atoms with Crippen LogP contribution in [0.2, 0.25) is 0 Å². The molecule has 0 aromatic carbocycles. The number of hydrogen-bond donors (Lipinski definition) is 2. The van der Waals surface area contributed by atoms with Gasteiger partial charge in [0.1, 0.15) is 0 Å². The highest BCUT2D eigenvalue weighted by molar-refractivity contribution is 5.79. The Bertz CT molecular complexity index is 471. The maximum Gasteiger partial charge on any atom is 0.213 e. The fourth-order valence-electron chi connectivity index (χ4n) is 2.20. The molecule has 0 aliphatic heterocycles. The van der Waals surface area contributed by atoms with Crippen molar-refractivity contribution in [2.24, 2.45) is 10.9 Å². The molecule has 1 aromatic rings. The van der Waals surface area contributed by atoms with E-state index in [0.717, 1.165) is 17.9 Å². The lowest BCUT2D eigenvalue weighted by Gasteiger charge is -2.17. The van der Waals surface area contributed by atoms with Crippen LogP contribution in [0.3, 0.4) is 0 Å². The first kappa shape index (κ1) is 18.3. The summed E-state index contributed by atoms with van der Waals surface area (Å²) < 4.78 is 5.88. The van der Waals surface area contributed by atoms with Gasteiger partial charge in [0.25, 0.3) is 0 Å². The minimum atomic E-state index is 0.172. The lowest BCUT2D eigenvalue weighted by Crippen LogP contribution is -2.40. The van der Waals surface area contributed by atoms with Gasteiger partial charge in [-0.3, -0.25) is 4.99 Å². The lowest BCUT2D eigenvalue weighted by molar-refractivity contribution is 0.185. The van der Waals surface area contributed by atoms with E-state index in [2.05, 4.69) is 55.2 Å². The molecule has 22 heavy (non-hydrogen) atoms. The van der Waals surface area contributed by atoms with E-state index in [-0.39, 0.29) is 6.10 Å². The molecule has 0 aliphatic rings. The van der Waals surface area contributed by atoms with Crippen LogP contribution < -0.4 is 15.4 Å². The van der Waals surface area contributed by atoms with Gasteiger partial charge >= 0.3 is 0 Å². The smallest absolute Gasteiger partial charge is 0.213 e. The number of hydrogen-bond acceptors (Lipinski definition) is 3. The Balaban J connectivity index is 2.57. The van der Waals surface area contributed by atoms with E-state index in [4.69, 9.17) is 4.74 Å². The fraction of sp³-hybridized carbons (Fsp3) is 0.647. The number of rotatable bonds is 7. The van der Waals surface area contributed by atoms with Gasteiger partial charge in [0.2, 0.25) is 5.88 Å². The second-order valence-electron chi connectivity index (χ2n) is 6.29. The number of ether oxygens (including phenoxy) is 1.